The van der Waals surface area contributed by atoms with Crippen molar-refractivity contribution >= 4 is 44.6 Å². The Morgan fingerprint density at radius 2 is 1.30 bits per heavy atom. The number of pyridine rings is 1. The fourth-order valence-electron chi connectivity index (χ4n) is 10.2. The van der Waals surface area contributed by atoms with E-state index in [1.54, 1.807) is 0 Å². The molecule has 0 N–H and O–H groups in total. The van der Waals surface area contributed by atoms with E-state index in [0.717, 1.165) is 61.5 Å². The molecule has 2 aliphatic rings. The summed E-state index contributed by atoms with van der Waals surface area (Å²) in [6.45, 7) is 13.6. The summed E-state index contributed by atoms with van der Waals surface area (Å²) in [4.78, 5) is 9.53. The molecule has 0 radical (unpaired) electrons. The molecule has 0 bridgehead atoms. The van der Waals surface area contributed by atoms with Gasteiger partial charge in [-0.1, -0.05) is 161 Å². The van der Waals surface area contributed by atoms with Crippen molar-refractivity contribution in [3.8, 4) is 50.7 Å². The second kappa shape index (κ2) is 16.3. The van der Waals surface area contributed by atoms with Crippen LogP contribution in [0.1, 0.15) is 51.3 Å². The molecule has 67 heavy (non-hydrogen) atoms. The molecule has 1 aliphatic heterocycles. The maximum Gasteiger partial charge on any atom is 0.135 e. The van der Waals surface area contributed by atoms with Crippen molar-refractivity contribution in [3.63, 3.8) is 0 Å². The molecular formula is C61H47N4OPt-3. The van der Waals surface area contributed by atoms with Crippen molar-refractivity contribution in [1.82, 2.24) is 9.55 Å². The second-order valence-corrected chi connectivity index (χ2v) is 18.9. The molecule has 6 heteroatoms. The Morgan fingerprint density at radius 3 is 2.10 bits per heavy atom. The molecule has 2 aromatic heterocycles. The minimum Gasteiger partial charge on any atom is -0.509 e. The van der Waals surface area contributed by atoms with Crippen molar-refractivity contribution in [2.24, 2.45) is 0 Å². The van der Waals surface area contributed by atoms with Crippen LogP contribution in [0.25, 0.3) is 61.0 Å². The van der Waals surface area contributed by atoms with Gasteiger partial charge in [0.25, 0.3) is 0 Å². The van der Waals surface area contributed by atoms with Gasteiger partial charge in [-0.15, -0.1) is 48.1 Å². The van der Waals surface area contributed by atoms with Gasteiger partial charge in [-0.05, 0) is 80.1 Å². The number of rotatable bonds is 7. The molecule has 330 valence electrons. The molecule has 8 aromatic carbocycles. The van der Waals surface area contributed by atoms with Crippen LogP contribution in [0, 0.1) is 18.8 Å². The van der Waals surface area contributed by atoms with Crippen LogP contribution in [0.2, 0.25) is 0 Å². The first-order valence-electron chi connectivity index (χ1n) is 22.7. The summed E-state index contributed by atoms with van der Waals surface area (Å²) in [5.41, 5.74) is 16.9. The van der Waals surface area contributed by atoms with Crippen LogP contribution in [-0.4, -0.2) is 9.55 Å². The Morgan fingerprint density at radius 1 is 0.567 bits per heavy atom. The normalized spacial score (nSPS) is 13.6. The van der Waals surface area contributed by atoms with Gasteiger partial charge >= 0.3 is 0 Å². The molecule has 0 spiro atoms. The quantitative estimate of drug-likeness (QED) is 0.149. The third-order valence-electron chi connectivity index (χ3n) is 13.5. The van der Waals surface area contributed by atoms with Crippen molar-refractivity contribution in [2.45, 2.75) is 45.4 Å². The summed E-state index contributed by atoms with van der Waals surface area (Å²) in [5.74, 6) is 2.04. The molecule has 0 saturated carbocycles. The maximum atomic E-state index is 6.74. The molecule has 12 rings (SSSR count). The fraction of sp³-hybridized carbons (Fsp3) is 0.115. The van der Waals surface area contributed by atoms with Crippen LogP contribution in [0.4, 0.5) is 22.7 Å². The van der Waals surface area contributed by atoms with Crippen molar-refractivity contribution in [2.75, 3.05) is 9.80 Å². The van der Waals surface area contributed by atoms with E-state index in [2.05, 4.69) is 232 Å². The fourth-order valence-corrected chi connectivity index (χ4v) is 10.2. The van der Waals surface area contributed by atoms with Crippen LogP contribution >= 0.6 is 0 Å². The monoisotopic (exact) mass is 1050 g/mol. The van der Waals surface area contributed by atoms with Crippen LogP contribution in [0.5, 0.6) is 11.5 Å². The number of hydrogen-bond acceptors (Lipinski definition) is 4. The van der Waals surface area contributed by atoms with Gasteiger partial charge in [0.2, 0.25) is 0 Å². The van der Waals surface area contributed by atoms with Crippen LogP contribution in [0.15, 0.2) is 188 Å². The predicted molar refractivity (Wildman–Crippen MR) is 271 cm³/mol. The van der Waals surface area contributed by atoms with E-state index in [-0.39, 0.29) is 31.9 Å². The van der Waals surface area contributed by atoms with Gasteiger partial charge in [-0.25, -0.2) is 4.98 Å². The third-order valence-corrected chi connectivity index (χ3v) is 13.5. The number of benzene rings is 8. The first-order chi connectivity index (χ1) is 32.1. The minimum absolute atomic E-state index is 0. The molecule has 10 aromatic rings. The molecule has 0 saturated heterocycles. The smallest absolute Gasteiger partial charge is 0.135 e. The van der Waals surface area contributed by atoms with E-state index in [1.165, 1.54) is 38.9 Å². The minimum atomic E-state index is -0.171. The van der Waals surface area contributed by atoms with Gasteiger partial charge in [0.1, 0.15) is 5.82 Å². The number of anilines is 4. The summed E-state index contributed by atoms with van der Waals surface area (Å²) in [6, 6.07) is 72.1. The topological polar surface area (TPSA) is 33.5 Å². The van der Waals surface area contributed by atoms with E-state index in [1.807, 2.05) is 24.4 Å². The molecule has 3 heterocycles. The summed E-state index contributed by atoms with van der Waals surface area (Å²) < 4.78 is 8.94. The number of nitrogens with zero attached hydrogens (tertiary/aromatic N) is 4. The summed E-state index contributed by atoms with van der Waals surface area (Å²) in [5, 5.41) is 2.23. The SMILES string of the molecule is CC(C)(C)c1ccnc(-n2c3[c-]c(Oc4[c-]c(N5[CH-]N(c6c(-c7ccccc7)ccc7c6-c6ccccc6C7(C)C)c6ccc(-c7ccccc7)cc65)ccc4)ccc3c3ccccc32)c1.[Pt]. The zero-order valence-corrected chi connectivity index (χ0v) is 40.3. The third kappa shape index (κ3) is 7.07. The molecule has 0 atom stereocenters. The maximum absolute atomic E-state index is 6.74. The van der Waals surface area contributed by atoms with Gasteiger partial charge in [0.15, 0.2) is 0 Å². The molecular weight excluding hydrogens is 1000 g/mol. The number of aromatic nitrogens is 2. The van der Waals surface area contributed by atoms with Gasteiger partial charge in [-0.2, -0.15) is 12.1 Å². The Labute approximate surface area is 407 Å². The van der Waals surface area contributed by atoms with E-state index in [4.69, 9.17) is 9.72 Å². The van der Waals surface area contributed by atoms with Crippen molar-refractivity contribution in [1.29, 1.82) is 0 Å². The Hall–Kier alpha value is -7.20. The van der Waals surface area contributed by atoms with Crippen LogP contribution < -0.4 is 14.5 Å². The van der Waals surface area contributed by atoms with E-state index >= 15 is 0 Å². The van der Waals surface area contributed by atoms with E-state index in [9.17, 15) is 0 Å². The van der Waals surface area contributed by atoms with Gasteiger partial charge in [-0.3, -0.25) is 0 Å². The predicted octanol–water partition coefficient (Wildman–Crippen LogP) is 15.9. The Kier molecular flexibility index (Phi) is 10.3. The second-order valence-electron chi connectivity index (χ2n) is 18.9. The molecule has 0 fully saturated rings. The Balaban J connectivity index is 0.00000494. The number of fused-ring (bicyclic) bond motifs is 7. The first-order valence-corrected chi connectivity index (χ1v) is 22.7. The average molecular weight is 1050 g/mol. The van der Waals surface area contributed by atoms with E-state index in [0.29, 0.717) is 11.5 Å². The number of hydrogen-bond donors (Lipinski definition) is 0. The van der Waals surface area contributed by atoms with Gasteiger partial charge in [0.05, 0.1) is 0 Å². The van der Waals surface area contributed by atoms with Crippen LogP contribution in [-0.2, 0) is 31.9 Å². The van der Waals surface area contributed by atoms with Crippen molar-refractivity contribution in [3.05, 3.63) is 224 Å². The molecule has 0 unspecified atom stereocenters. The Bertz CT molecular complexity index is 3510. The van der Waals surface area contributed by atoms with Crippen molar-refractivity contribution < 1.29 is 25.8 Å². The number of ether oxygens (including phenoxy) is 1. The largest absolute Gasteiger partial charge is 0.509 e. The number of para-hydroxylation sites is 1. The van der Waals surface area contributed by atoms with Gasteiger partial charge in [0, 0.05) is 77.9 Å². The zero-order chi connectivity index (χ0) is 44.7. The summed E-state index contributed by atoms with van der Waals surface area (Å²) >= 11 is 0. The zero-order valence-electron chi connectivity index (χ0n) is 38.0. The summed E-state index contributed by atoms with van der Waals surface area (Å²) in [7, 11) is 0. The summed E-state index contributed by atoms with van der Waals surface area (Å²) in [6.07, 6.45) is 1.90. The molecule has 0 amide bonds. The van der Waals surface area contributed by atoms with Gasteiger partial charge < -0.3 is 19.1 Å². The average Bonchev–Trinajstić information content (AvgIpc) is 3.97. The standard InChI is InChI=1S/C61H47N4O.Pt/c1-60(2,3)43-33-34-62-57(36-43)65-53-26-15-13-23-48(53)49-29-28-46(38-55(49)65)66-45-22-16-21-44(37-45)63-39-64(54-32-27-42(35-56(54)63)40-17-8-6-9-18-40)59-47(41-19-10-7-11-20-41)30-31-52-58(59)50-24-12-14-25-51(50)61(52,4)5;/h6-36,39H,1-5H3;/q-3;. The molecule has 1 aliphatic carbocycles. The molecule has 5 nitrogen and oxygen atoms in total. The first kappa shape index (κ1) is 42.4. The van der Waals surface area contributed by atoms with Crippen LogP contribution in [0.3, 0.4) is 0 Å². The van der Waals surface area contributed by atoms with E-state index < -0.39 is 0 Å².